The first-order valence-corrected chi connectivity index (χ1v) is 12.2. The number of nitrogens with zero attached hydrogens (tertiary/aromatic N) is 3. The Morgan fingerprint density at radius 2 is 1.92 bits per heavy atom. The van der Waals surface area contributed by atoms with Gasteiger partial charge in [-0.05, 0) is 43.8 Å². The molecule has 5 rings (SSSR count). The van der Waals surface area contributed by atoms with Crippen molar-refractivity contribution < 1.29 is 19.1 Å². The van der Waals surface area contributed by atoms with Gasteiger partial charge in [-0.2, -0.15) is 0 Å². The molecular formula is C27H31N5O4. The Morgan fingerprint density at radius 3 is 2.64 bits per heavy atom. The van der Waals surface area contributed by atoms with Crippen LogP contribution < -0.4 is 10.6 Å². The molecule has 9 nitrogen and oxygen atoms in total. The molecule has 2 N–H and O–H groups in total. The van der Waals surface area contributed by atoms with Gasteiger partial charge in [-0.1, -0.05) is 36.4 Å². The molecule has 3 heterocycles. The van der Waals surface area contributed by atoms with Gasteiger partial charge in [0.25, 0.3) is 0 Å². The van der Waals surface area contributed by atoms with Crippen LogP contribution in [0.1, 0.15) is 40.2 Å². The van der Waals surface area contributed by atoms with Crippen LogP contribution in [-0.2, 0) is 14.3 Å². The number of benzene rings is 2. The number of hydrogen-bond acceptors (Lipinski definition) is 7. The highest BCUT2D eigenvalue weighted by atomic mass is 16.5. The van der Waals surface area contributed by atoms with Gasteiger partial charge >= 0.3 is 5.97 Å². The summed E-state index contributed by atoms with van der Waals surface area (Å²) in [6, 6.07) is 15.1. The lowest BCUT2D eigenvalue weighted by Gasteiger charge is -2.25. The zero-order valence-electron chi connectivity index (χ0n) is 20.7. The topological polar surface area (TPSA) is 103 Å². The molecule has 188 valence electrons. The number of methoxy groups -OCH3 is 1. The van der Waals surface area contributed by atoms with E-state index in [2.05, 4.69) is 10.6 Å². The number of nitrogens with one attached hydrogen (secondary N) is 2. The van der Waals surface area contributed by atoms with Crippen LogP contribution in [0.4, 0.5) is 5.69 Å². The third-order valence-corrected chi connectivity index (χ3v) is 7.13. The molecule has 2 aromatic rings. The molecule has 3 aliphatic rings. The van der Waals surface area contributed by atoms with Crippen LogP contribution in [-0.4, -0.2) is 85.8 Å². The molecule has 9 heteroatoms. The fourth-order valence-corrected chi connectivity index (χ4v) is 5.52. The molecule has 0 aromatic heterocycles. The van der Waals surface area contributed by atoms with E-state index in [0.29, 0.717) is 29.9 Å². The van der Waals surface area contributed by atoms with Crippen LogP contribution in [0.3, 0.4) is 0 Å². The molecule has 0 aliphatic carbocycles. The smallest absolute Gasteiger partial charge is 0.337 e. The van der Waals surface area contributed by atoms with Crippen LogP contribution in [0, 0.1) is 0 Å². The average molecular weight is 490 g/mol. The molecule has 2 aromatic carbocycles. The predicted molar refractivity (Wildman–Crippen MR) is 136 cm³/mol. The number of rotatable bonds is 6. The van der Waals surface area contributed by atoms with Crippen molar-refractivity contribution in [3.05, 3.63) is 65.2 Å². The van der Waals surface area contributed by atoms with Crippen molar-refractivity contribution in [2.45, 2.75) is 37.0 Å². The van der Waals surface area contributed by atoms with Gasteiger partial charge in [0.15, 0.2) is 0 Å². The van der Waals surface area contributed by atoms with Crippen molar-refractivity contribution in [1.82, 2.24) is 15.1 Å². The lowest BCUT2D eigenvalue weighted by Crippen LogP contribution is -2.42. The van der Waals surface area contributed by atoms with Crippen molar-refractivity contribution in [1.29, 1.82) is 0 Å². The number of hydrogen-bond donors (Lipinski definition) is 2. The summed E-state index contributed by atoms with van der Waals surface area (Å²) < 4.78 is 4.82. The van der Waals surface area contributed by atoms with E-state index < -0.39 is 11.9 Å². The number of likely N-dealkylation sites (N-methyl/N-ethyl adjacent to an activating group) is 1. The summed E-state index contributed by atoms with van der Waals surface area (Å²) in [5.41, 5.74) is 3.27. The van der Waals surface area contributed by atoms with Crippen LogP contribution in [0.5, 0.6) is 0 Å². The first kappa shape index (κ1) is 24.1. The summed E-state index contributed by atoms with van der Waals surface area (Å²) in [5, 5.41) is 6.51. The molecule has 4 atom stereocenters. The number of fused-ring (bicyclic) bond motifs is 2. The van der Waals surface area contributed by atoms with Crippen LogP contribution in [0.15, 0.2) is 53.5 Å². The van der Waals surface area contributed by atoms with Gasteiger partial charge in [0.1, 0.15) is 12.1 Å². The summed E-state index contributed by atoms with van der Waals surface area (Å²) in [4.78, 5) is 46.9. The van der Waals surface area contributed by atoms with E-state index in [-0.39, 0.29) is 30.1 Å². The molecule has 2 fully saturated rings. The lowest BCUT2D eigenvalue weighted by atomic mass is 9.90. The number of likely N-dealkylation sites (tertiary alicyclic amines) is 1. The van der Waals surface area contributed by atoms with Crippen molar-refractivity contribution in [2.75, 3.05) is 39.6 Å². The average Bonchev–Trinajstić information content (AvgIpc) is 3.53. The van der Waals surface area contributed by atoms with Gasteiger partial charge in [0.05, 0.1) is 31.0 Å². The number of ether oxygens (including phenoxy) is 1. The summed E-state index contributed by atoms with van der Waals surface area (Å²) in [7, 11) is 5.13. The van der Waals surface area contributed by atoms with Gasteiger partial charge in [0.2, 0.25) is 11.8 Å². The largest absolute Gasteiger partial charge is 0.465 e. The first-order chi connectivity index (χ1) is 17.4. The molecule has 36 heavy (non-hydrogen) atoms. The van der Waals surface area contributed by atoms with Gasteiger partial charge < -0.3 is 19.9 Å². The minimum absolute atomic E-state index is 0.0931. The summed E-state index contributed by atoms with van der Waals surface area (Å²) >= 11 is 0. The second-order valence-corrected chi connectivity index (χ2v) is 9.80. The van der Waals surface area contributed by atoms with Crippen molar-refractivity contribution in [2.24, 2.45) is 4.99 Å². The molecule has 4 unspecified atom stereocenters. The van der Waals surface area contributed by atoms with Gasteiger partial charge in [-0.25, -0.2) is 4.79 Å². The zero-order valence-corrected chi connectivity index (χ0v) is 20.7. The predicted octanol–water partition coefficient (Wildman–Crippen LogP) is 1.85. The van der Waals surface area contributed by atoms with E-state index in [9.17, 15) is 14.4 Å². The third-order valence-electron chi connectivity index (χ3n) is 7.13. The van der Waals surface area contributed by atoms with Crippen LogP contribution in [0.25, 0.3) is 0 Å². The summed E-state index contributed by atoms with van der Waals surface area (Å²) in [5.74, 6) is -1.12. The van der Waals surface area contributed by atoms with E-state index >= 15 is 0 Å². The molecule has 2 saturated heterocycles. The minimum atomic E-state index is -0.609. The normalized spacial score (nSPS) is 25.1. The van der Waals surface area contributed by atoms with Gasteiger partial charge in [0, 0.05) is 24.7 Å². The molecule has 2 amide bonds. The van der Waals surface area contributed by atoms with E-state index in [1.54, 1.807) is 18.2 Å². The Balaban J connectivity index is 1.46. The highest BCUT2D eigenvalue weighted by molar-refractivity contribution is 6.24. The molecule has 0 radical (unpaired) electrons. The summed E-state index contributed by atoms with van der Waals surface area (Å²) in [6.45, 7) is 1.14. The monoisotopic (exact) mass is 489 g/mol. The number of carbonyl (C=O) groups excluding carboxylic acids is 3. The Hall–Kier alpha value is -3.56. The van der Waals surface area contributed by atoms with E-state index in [0.717, 1.165) is 24.1 Å². The minimum Gasteiger partial charge on any atom is -0.465 e. The van der Waals surface area contributed by atoms with E-state index in [1.165, 1.54) is 7.11 Å². The number of aliphatic imine (C=N–C) groups is 1. The van der Waals surface area contributed by atoms with Gasteiger partial charge in [-0.15, -0.1) is 0 Å². The maximum atomic E-state index is 13.2. The Morgan fingerprint density at radius 1 is 1.14 bits per heavy atom. The van der Waals surface area contributed by atoms with E-state index in [4.69, 9.17) is 9.73 Å². The highest BCUT2D eigenvalue weighted by Gasteiger charge is 2.44. The van der Waals surface area contributed by atoms with Gasteiger partial charge in [-0.3, -0.25) is 19.9 Å². The molecule has 0 spiro atoms. The Bertz CT molecular complexity index is 1210. The van der Waals surface area contributed by atoms with Crippen LogP contribution in [0.2, 0.25) is 0 Å². The van der Waals surface area contributed by atoms with Crippen molar-refractivity contribution >= 4 is 29.2 Å². The highest BCUT2D eigenvalue weighted by Crippen LogP contribution is 2.37. The van der Waals surface area contributed by atoms with Crippen molar-refractivity contribution in [3.63, 3.8) is 0 Å². The molecular weight excluding hydrogens is 458 g/mol. The number of esters is 1. The second kappa shape index (κ2) is 9.83. The first-order valence-electron chi connectivity index (χ1n) is 12.2. The third kappa shape index (κ3) is 4.52. The molecule has 0 saturated carbocycles. The second-order valence-electron chi connectivity index (χ2n) is 9.80. The van der Waals surface area contributed by atoms with E-state index in [1.807, 2.05) is 54.2 Å². The fourth-order valence-electron chi connectivity index (χ4n) is 5.52. The SMILES string of the molecule is COC(=O)c1ccc2c(c1)NC(=O)C2C(=NC1CC2C(CCN2C(=O)CN(C)C)N1)c1ccccc1. The Labute approximate surface area is 210 Å². The van der Waals surface area contributed by atoms with Crippen molar-refractivity contribution in [3.8, 4) is 0 Å². The lowest BCUT2D eigenvalue weighted by molar-refractivity contribution is -0.132. The Kier molecular flexibility index (Phi) is 6.59. The zero-order chi connectivity index (χ0) is 25.4. The standard InChI is InChI=1S/C27H31N5O4/c1-31(2)15-23(33)32-12-11-19-21(32)14-22(28-19)30-25(16-7-5-4-6-8-16)24-18-10-9-17(27(35)36-3)13-20(18)29-26(24)34/h4-10,13,19,21-22,24,28H,11-12,14-15H2,1-3H3,(H,29,34). The van der Waals surface area contributed by atoms with Crippen LogP contribution >= 0.6 is 0 Å². The number of carbonyl (C=O) groups is 3. The number of anilines is 1. The summed E-state index contributed by atoms with van der Waals surface area (Å²) in [6.07, 6.45) is 1.37. The maximum Gasteiger partial charge on any atom is 0.337 e. The molecule has 3 aliphatic heterocycles. The number of amides is 2. The quantitative estimate of drug-likeness (QED) is 0.474. The maximum absolute atomic E-state index is 13.2. The molecule has 0 bridgehead atoms. The fraction of sp³-hybridized carbons (Fsp3) is 0.407.